The number of halogens is 1. The zero-order chi connectivity index (χ0) is 16.8. The Bertz CT molecular complexity index is 784. The second kappa shape index (κ2) is 7.41. The molecule has 0 atom stereocenters. The summed E-state index contributed by atoms with van der Waals surface area (Å²) >= 11 is 0. The highest BCUT2D eigenvalue weighted by Crippen LogP contribution is 2.11. The number of hydrogen-bond acceptors (Lipinski definition) is 3. The SMILES string of the molecule is O=C(NCCOc1ccc(F)cc1)c1ccc(-n2cccn2)cc1. The average molecular weight is 325 g/mol. The predicted octanol–water partition coefficient (Wildman–Crippen LogP) is 2.82. The standard InChI is InChI=1S/C18H16FN3O2/c19-15-4-8-17(9-5-15)24-13-11-20-18(23)14-2-6-16(7-3-14)22-12-1-10-21-22/h1-10,12H,11,13H2,(H,20,23). The Balaban J connectivity index is 1.47. The Morgan fingerprint density at radius 1 is 1.12 bits per heavy atom. The minimum absolute atomic E-state index is 0.176. The van der Waals surface area contributed by atoms with Crippen molar-refractivity contribution in [1.82, 2.24) is 15.1 Å². The monoisotopic (exact) mass is 325 g/mol. The van der Waals surface area contributed by atoms with Crippen molar-refractivity contribution in [3.8, 4) is 11.4 Å². The fourth-order valence-corrected chi connectivity index (χ4v) is 2.15. The minimum Gasteiger partial charge on any atom is -0.492 e. The van der Waals surface area contributed by atoms with Crippen molar-refractivity contribution < 1.29 is 13.9 Å². The Hall–Kier alpha value is -3.15. The average Bonchev–Trinajstić information content (AvgIpc) is 3.15. The number of benzene rings is 2. The number of nitrogens with zero attached hydrogens (tertiary/aromatic N) is 2. The molecular formula is C18H16FN3O2. The molecule has 0 fully saturated rings. The van der Waals surface area contributed by atoms with Crippen LogP contribution >= 0.6 is 0 Å². The highest BCUT2D eigenvalue weighted by atomic mass is 19.1. The van der Waals surface area contributed by atoms with E-state index in [1.165, 1.54) is 12.1 Å². The Kier molecular flexibility index (Phi) is 4.86. The van der Waals surface area contributed by atoms with Crippen LogP contribution < -0.4 is 10.1 Å². The van der Waals surface area contributed by atoms with Crippen LogP contribution in [0.5, 0.6) is 5.75 Å². The van der Waals surface area contributed by atoms with E-state index in [0.29, 0.717) is 24.5 Å². The van der Waals surface area contributed by atoms with E-state index in [4.69, 9.17) is 4.74 Å². The van der Waals surface area contributed by atoms with Gasteiger partial charge in [0.05, 0.1) is 12.2 Å². The number of carbonyl (C=O) groups is 1. The molecule has 0 bridgehead atoms. The molecule has 1 heterocycles. The van der Waals surface area contributed by atoms with Crippen LogP contribution in [-0.2, 0) is 0 Å². The van der Waals surface area contributed by atoms with Crippen molar-refractivity contribution >= 4 is 5.91 Å². The van der Waals surface area contributed by atoms with Crippen LogP contribution in [0.15, 0.2) is 67.0 Å². The van der Waals surface area contributed by atoms with Crippen molar-refractivity contribution in [2.75, 3.05) is 13.2 Å². The van der Waals surface area contributed by atoms with Gasteiger partial charge in [0.15, 0.2) is 0 Å². The second-order valence-electron chi connectivity index (χ2n) is 5.06. The number of nitrogens with one attached hydrogen (secondary N) is 1. The van der Waals surface area contributed by atoms with Crippen LogP contribution in [0.2, 0.25) is 0 Å². The molecule has 3 aromatic rings. The van der Waals surface area contributed by atoms with Crippen molar-refractivity contribution in [3.05, 3.63) is 78.4 Å². The molecule has 0 radical (unpaired) electrons. The maximum Gasteiger partial charge on any atom is 0.251 e. The molecule has 6 heteroatoms. The first-order valence-corrected chi connectivity index (χ1v) is 7.49. The summed E-state index contributed by atoms with van der Waals surface area (Å²) in [6.07, 6.45) is 3.53. The zero-order valence-corrected chi connectivity index (χ0v) is 12.9. The van der Waals surface area contributed by atoms with Crippen molar-refractivity contribution in [3.63, 3.8) is 0 Å². The molecule has 1 aromatic heterocycles. The summed E-state index contributed by atoms with van der Waals surface area (Å²) in [7, 11) is 0. The third-order valence-electron chi connectivity index (χ3n) is 3.37. The molecule has 0 saturated heterocycles. The molecule has 122 valence electrons. The molecular weight excluding hydrogens is 309 g/mol. The molecule has 5 nitrogen and oxygen atoms in total. The fraction of sp³-hybridized carbons (Fsp3) is 0.111. The van der Waals surface area contributed by atoms with E-state index in [0.717, 1.165) is 5.69 Å². The number of rotatable bonds is 6. The van der Waals surface area contributed by atoms with Crippen molar-refractivity contribution in [1.29, 1.82) is 0 Å². The first-order valence-electron chi connectivity index (χ1n) is 7.49. The maximum absolute atomic E-state index is 12.8. The predicted molar refractivity (Wildman–Crippen MR) is 87.8 cm³/mol. The molecule has 0 saturated carbocycles. The number of ether oxygens (including phenoxy) is 1. The van der Waals surface area contributed by atoms with Gasteiger partial charge in [0.2, 0.25) is 0 Å². The number of carbonyl (C=O) groups excluding carboxylic acids is 1. The maximum atomic E-state index is 12.8. The lowest BCUT2D eigenvalue weighted by Crippen LogP contribution is -2.28. The van der Waals surface area contributed by atoms with Gasteiger partial charge in [-0.25, -0.2) is 9.07 Å². The molecule has 0 aliphatic rings. The molecule has 1 N–H and O–H groups in total. The third-order valence-corrected chi connectivity index (χ3v) is 3.37. The summed E-state index contributed by atoms with van der Waals surface area (Å²) in [5, 5.41) is 6.91. The Labute approximate surface area is 138 Å². The van der Waals surface area contributed by atoms with Crippen molar-refractivity contribution in [2.24, 2.45) is 0 Å². The summed E-state index contributed by atoms with van der Waals surface area (Å²) in [6, 6.07) is 14.7. The van der Waals surface area contributed by atoms with Crippen LogP contribution in [0.4, 0.5) is 4.39 Å². The molecule has 0 spiro atoms. The largest absolute Gasteiger partial charge is 0.492 e. The highest BCUT2D eigenvalue weighted by Gasteiger charge is 2.05. The van der Waals surface area contributed by atoms with Gasteiger partial charge in [-0.15, -0.1) is 0 Å². The van der Waals surface area contributed by atoms with Gasteiger partial charge < -0.3 is 10.1 Å². The fourth-order valence-electron chi connectivity index (χ4n) is 2.15. The first-order chi connectivity index (χ1) is 11.7. The number of aromatic nitrogens is 2. The molecule has 2 aromatic carbocycles. The summed E-state index contributed by atoms with van der Waals surface area (Å²) in [6.45, 7) is 0.667. The van der Waals surface area contributed by atoms with Gasteiger partial charge >= 0.3 is 0 Å². The van der Waals surface area contributed by atoms with E-state index in [-0.39, 0.29) is 11.7 Å². The van der Waals surface area contributed by atoms with Crippen LogP contribution in [0.1, 0.15) is 10.4 Å². The lowest BCUT2D eigenvalue weighted by molar-refractivity contribution is 0.0947. The molecule has 0 aliphatic carbocycles. The van der Waals surface area contributed by atoms with Gasteiger partial charge in [0, 0.05) is 18.0 Å². The quantitative estimate of drug-likeness (QED) is 0.709. The number of amides is 1. The zero-order valence-electron chi connectivity index (χ0n) is 12.9. The summed E-state index contributed by atoms with van der Waals surface area (Å²) < 4.78 is 19.9. The lowest BCUT2D eigenvalue weighted by atomic mass is 10.2. The first kappa shape index (κ1) is 15.7. The van der Waals surface area contributed by atoms with Gasteiger partial charge in [0.25, 0.3) is 5.91 Å². The summed E-state index contributed by atoms with van der Waals surface area (Å²) in [5.41, 5.74) is 1.45. The van der Waals surface area contributed by atoms with Crippen molar-refractivity contribution in [2.45, 2.75) is 0 Å². The van der Waals surface area contributed by atoms with E-state index < -0.39 is 0 Å². The second-order valence-corrected chi connectivity index (χ2v) is 5.06. The number of hydrogen-bond donors (Lipinski definition) is 1. The molecule has 0 aliphatic heterocycles. The normalized spacial score (nSPS) is 10.4. The minimum atomic E-state index is -0.311. The van der Waals surface area contributed by atoms with E-state index in [1.807, 2.05) is 24.4 Å². The van der Waals surface area contributed by atoms with Gasteiger partial charge in [0.1, 0.15) is 18.2 Å². The smallest absolute Gasteiger partial charge is 0.251 e. The lowest BCUT2D eigenvalue weighted by Gasteiger charge is -2.08. The van der Waals surface area contributed by atoms with Crippen LogP contribution in [0.3, 0.4) is 0 Å². The molecule has 0 unspecified atom stereocenters. The van der Waals surface area contributed by atoms with Gasteiger partial charge in [-0.05, 0) is 54.6 Å². The molecule has 24 heavy (non-hydrogen) atoms. The van der Waals surface area contributed by atoms with Gasteiger partial charge in [-0.3, -0.25) is 4.79 Å². The van der Waals surface area contributed by atoms with E-state index in [2.05, 4.69) is 10.4 Å². The highest BCUT2D eigenvalue weighted by molar-refractivity contribution is 5.94. The summed E-state index contributed by atoms with van der Waals surface area (Å²) in [5.74, 6) is 0.0770. The van der Waals surface area contributed by atoms with E-state index in [1.54, 1.807) is 35.1 Å². The van der Waals surface area contributed by atoms with E-state index in [9.17, 15) is 9.18 Å². The van der Waals surface area contributed by atoms with Crippen LogP contribution in [0.25, 0.3) is 5.69 Å². The topological polar surface area (TPSA) is 56.1 Å². The van der Waals surface area contributed by atoms with Crippen LogP contribution in [0, 0.1) is 5.82 Å². The Morgan fingerprint density at radius 2 is 1.88 bits per heavy atom. The van der Waals surface area contributed by atoms with Crippen LogP contribution in [-0.4, -0.2) is 28.8 Å². The Morgan fingerprint density at radius 3 is 2.54 bits per heavy atom. The van der Waals surface area contributed by atoms with Gasteiger partial charge in [-0.1, -0.05) is 0 Å². The van der Waals surface area contributed by atoms with E-state index >= 15 is 0 Å². The molecule has 1 amide bonds. The third kappa shape index (κ3) is 3.98. The van der Waals surface area contributed by atoms with Gasteiger partial charge in [-0.2, -0.15) is 5.10 Å². The molecule has 3 rings (SSSR count). The summed E-state index contributed by atoms with van der Waals surface area (Å²) in [4.78, 5) is 12.1.